The lowest BCUT2D eigenvalue weighted by molar-refractivity contribution is -0.117. The highest BCUT2D eigenvalue weighted by Crippen LogP contribution is 2.27. The molecule has 1 amide bonds. The number of ether oxygens (including phenoxy) is 1. The van der Waals surface area contributed by atoms with Crippen molar-refractivity contribution >= 4 is 23.0 Å². The minimum absolute atomic E-state index is 0.278. The van der Waals surface area contributed by atoms with Crippen molar-refractivity contribution in [1.82, 2.24) is 0 Å². The first-order chi connectivity index (χ1) is 12.1. The van der Waals surface area contributed by atoms with Gasteiger partial charge in [0.1, 0.15) is 22.8 Å². The van der Waals surface area contributed by atoms with Crippen LogP contribution in [0.5, 0.6) is 11.5 Å². The fourth-order valence-electron chi connectivity index (χ4n) is 2.12. The van der Waals surface area contributed by atoms with E-state index in [0.29, 0.717) is 0 Å². The third-order valence-electron chi connectivity index (χ3n) is 3.16. The number of hydrogen-bond donors (Lipinski definition) is 1. The molecule has 25 heavy (non-hydrogen) atoms. The fourth-order valence-corrected chi connectivity index (χ4v) is 2.12. The van der Waals surface area contributed by atoms with Gasteiger partial charge in [-0.15, -0.1) is 6.58 Å². The van der Waals surface area contributed by atoms with Crippen molar-refractivity contribution < 1.29 is 13.9 Å². The highest BCUT2D eigenvalue weighted by atomic mass is 16.5. The van der Waals surface area contributed by atoms with Gasteiger partial charge >= 0.3 is 0 Å². The molecule has 128 valence electrons. The second kappa shape index (κ2) is 9.13. The fraction of sp³-hybridized carbons (Fsp3) is 0.0952. The standard InChI is InChI=1S/C17H14O2.C4H7NO/c1-2-6-15-11-13-12-16(9-10-17(13)19-15)18-14-7-4-3-5-8-14;1-2-3-4(5)6/h2-12H,1H3;2H,1,3H2,(H2,5,6)/b6-2+;. The van der Waals surface area contributed by atoms with Gasteiger partial charge in [0.15, 0.2) is 0 Å². The zero-order valence-electron chi connectivity index (χ0n) is 14.1. The summed E-state index contributed by atoms with van der Waals surface area (Å²) < 4.78 is 11.5. The lowest BCUT2D eigenvalue weighted by Gasteiger charge is -2.04. The van der Waals surface area contributed by atoms with Crippen molar-refractivity contribution in [2.75, 3.05) is 0 Å². The second-order valence-corrected chi connectivity index (χ2v) is 5.22. The van der Waals surface area contributed by atoms with Crippen LogP contribution in [0.4, 0.5) is 0 Å². The van der Waals surface area contributed by atoms with Crippen LogP contribution in [0.3, 0.4) is 0 Å². The summed E-state index contributed by atoms with van der Waals surface area (Å²) in [6.45, 7) is 5.27. The molecule has 0 bridgehead atoms. The van der Waals surface area contributed by atoms with Crippen LogP contribution < -0.4 is 10.5 Å². The molecule has 2 aromatic carbocycles. The zero-order chi connectivity index (χ0) is 18.1. The zero-order valence-corrected chi connectivity index (χ0v) is 14.1. The Morgan fingerprint density at radius 2 is 1.92 bits per heavy atom. The number of furan rings is 1. The Balaban J connectivity index is 0.000000326. The highest BCUT2D eigenvalue weighted by molar-refractivity contribution is 5.81. The van der Waals surface area contributed by atoms with Gasteiger partial charge < -0.3 is 14.9 Å². The van der Waals surface area contributed by atoms with Crippen molar-refractivity contribution in [2.45, 2.75) is 13.3 Å². The van der Waals surface area contributed by atoms with E-state index >= 15 is 0 Å². The van der Waals surface area contributed by atoms with E-state index in [1.807, 2.05) is 73.7 Å². The smallest absolute Gasteiger partial charge is 0.221 e. The molecular formula is C21H21NO3. The first kappa shape index (κ1) is 18.1. The van der Waals surface area contributed by atoms with E-state index in [-0.39, 0.29) is 12.3 Å². The molecule has 0 radical (unpaired) electrons. The number of allylic oxidation sites excluding steroid dienone is 1. The molecule has 4 heteroatoms. The topological polar surface area (TPSA) is 65.5 Å². The summed E-state index contributed by atoms with van der Waals surface area (Å²) >= 11 is 0. The molecular weight excluding hydrogens is 314 g/mol. The number of fused-ring (bicyclic) bond motifs is 1. The number of nitrogens with two attached hydrogens (primary N) is 1. The average molecular weight is 335 g/mol. The molecule has 4 nitrogen and oxygen atoms in total. The average Bonchev–Trinajstić information content (AvgIpc) is 2.98. The number of primary amides is 1. The number of amides is 1. The number of para-hydroxylation sites is 1. The summed E-state index contributed by atoms with van der Waals surface area (Å²) in [5.74, 6) is 2.17. The lowest BCUT2D eigenvalue weighted by atomic mass is 10.2. The molecule has 0 saturated carbocycles. The third kappa shape index (κ3) is 5.70. The van der Waals surface area contributed by atoms with Gasteiger partial charge in [-0.05, 0) is 49.4 Å². The van der Waals surface area contributed by atoms with Crippen LogP contribution in [-0.2, 0) is 4.79 Å². The Bertz CT molecular complexity index is 863. The Hall–Kier alpha value is -3.27. The van der Waals surface area contributed by atoms with Gasteiger partial charge in [0.2, 0.25) is 5.91 Å². The van der Waals surface area contributed by atoms with E-state index in [0.717, 1.165) is 28.2 Å². The molecule has 1 heterocycles. The van der Waals surface area contributed by atoms with Gasteiger partial charge in [0.25, 0.3) is 0 Å². The Kier molecular flexibility index (Phi) is 6.60. The number of hydrogen-bond acceptors (Lipinski definition) is 3. The van der Waals surface area contributed by atoms with Gasteiger partial charge in [-0.2, -0.15) is 0 Å². The van der Waals surface area contributed by atoms with Gasteiger partial charge in [-0.1, -0.05) is 30.4 Å². The predicted octanol–water partition coefficient (Wildman–Crippen LogP) is 5.31. The van der Waals surface area contributed by atoms with Gasteiger partial charge in [0.05, 0.1) is 0 Å². The van der Waals surface area contributed by atoms with E-state index in [9.17, 15) is 4.79 Å². The van der Waals surface area contributed by atoms with Crippen molar-refractivity contribution in [1.29, 1.82) is 0 Å². The highest BCUT2D eigenvalue weighted by Gasteiger charge is 2.04. The third-order valence-corrected chi connectivity index (χ3v) is 3.16. The molecule has 0 atom stereocenters. The van der Waals surface area contributed by atoms with Crippen molar-refractivity contribution in [3.05, 3.63) is 79.1 Å². The van der Waals surface area contributed by atoms with E-state index in [1.54, 1.807) is 0 Å². The molecule has 3 aromatic rings. The van der Waals surface area contributed by atoms with Crippen LogP contribution >= 0.6 is 0 Å². The molecule has 3 rings (SSSR count). The molecule has 0 spiro atoms. The molecule has 0 aliphatic rings. The molecule has 1 aromatic heterocycles. The lowest BCUT2D eigenvalue weighted by Crippen LogP contribution is -2.07. The maximum Gasteiger partial charge on any atom is 0.221 e. The van der Waals surface area contributed by atoms with E-state index in [1.165, 1.54) is 6.08 Å². The maximum absolute atomic E-state index is 9.75. The first-order valence-electron chi connectivity index (χ1n) is 7.90. The maximum atomic E-state index is 9.75. The van der Waals surface area contributed by atoms with Crippen molar-refractivity contribution in [2.24, 2.45) is 5.73 Å². The molecule has 0 aliphatic heterocycles. The molecule has 0 fully saturated rings. The Morgan fingerprint density at radius 1 is 1.16 bits per heavy atom. The summed E-state index contributed by atoms with van der Waals surface area (Å²) in [6, 6.07) is 17.6. The van der Waals surface area contributed by atoms with Crippen LogP contribution in [0.2, 0.25) is 0 Å². The minimum atomic E-state index is -0.329. The van der Waals surface area contributed by atoms with Crippen molar-refractivity contribution in [3.63, 3.8) is 0 Å². The number of carbonyl (C=O) groups excluding carboxylic acids is 1. The molecule has 2 N–H and O–H groups in total. The number of benzene rings is 2. The summed E-state index contributed by atoms with van der Waals surface area (Å²) in [5.41, 5.74) is 5.56. The number of rotatable bonds is 5. The quantitative estimate of drug-likeness (QED) is 0.643. The summed E-state index contributed by atoms with van der Waals surface area (Å²) in [6.07, 6.45) is 5.65. The van der Waals surface area contributed by atoms with Crippen molar-refractivity contribution in [3.8, 4) is 11.5 Å². The van der Waals surface area contributed by atoms with Crippen LogP contribution in [0, 0.1) is 0 Å². The van der Waals surface area contributed by atoms with Gasteiger partial charge in [-0.25, -0.2) is 0 Å². The predicted molar refractivity (Wildman–Crippen MR) is 101 cm³/mol. The Labute approximate surface area is 147 Å². The Morgan fingerprint density at radius 3 is 2.52 bits per heavy atom. The summed E-state index contributed by atoms with van der Waals surface area (Å²) in [7, 11) is 0. The molecule has 0 aliphatic carbocycles. The SMILES string of the molecule is C/C=C/c1cc2cc(Oc3ccccc3)ccc2o1.C=CCC(N)=O. The molecule has 0 saturated heterocycles. The van der Waals surface area contributed by atoms with Gasteiger partial charge in [-0.3, -0.25) is 4.79 Å². The molecule has 0 unspecified atom stereocenters. The van der Waals surface area contributed by atoms with Crippen LogP contribution in [-0.4, -0.2) is 5.91 Å². The summed E-state index contributed by atoms with van der Waals surface area (Å²) in [5, 5.41) is 1.04. The van der Waals surface area contributed by atoms with Gasteiger partial charge in [0, 0.05) is 11.8 Å². The van der Waals surface area contributed by atoms with E-state index in [2.05, 4.69) is 6.58 Å². The van der Waals surface area contributed by atoms with E-state index in [4.69, 9.17) is 14.9 Å². The monoisotopic (exact) mass is 335 g/mol. The normalized spacial score (nSPS) is 10.3. The summed E-state index contributed by atoms with van der Waals surface area (Å²) in [4.78, 5) is 9.75. The number of carbonyl (C=O) groups is 1. The minimum Gasteiger partial charge on any atom is -0.457 e. The van der Waals surface area contributed by atoms with Crippen LogP contribution in [0.15, 0.2) is 77.7 Å². The van der Waals surface area contributed by atoms with E-state index < -0.39 is 0 Å². The first-order valence-corrected chi connectivity index (χ1v) is 7.90. The van der Waals surface area contributed by atoms with Crippen LogP contribution in [0.1, 0.15) is 19.1 Å². The second-order valence-electron chi connectivity index (χ2n) is 5.22. The largest absolute Gasteiger partial charge is 0.457 e. The van der Waals surface area contributed by atoms with Crippen LogP contribution in [0.25, 0.3) is 17.0 Å².